The molecule has 0 atom stereocenters. The third-order valence-electron chi connectivity index (χ3n) is 3.28. The quantitative estimate of drug-likeness (QED) is 0.570. The summed E-state index contributed by atoms with van der Waals surface area (Å²) >= 11 is 0. The van der Waals surface area contributed by atoms with Crippen molar-refractivity contribution in [2.45, 2.75) is 26.4 Å². The van der Waals surface area contributed by atoms with E-state index in [1.54, 1.807) is 37.8 Å². The third kappa shape index (κ3) is 6.15. The number of halogens is 1. The Labute approximate surface area is 162 Å². The number of nitrogens with one attached hydrogen (secondary N) is 2. The average molecular weight is 390 g/mol. The summed E-state index contributed by atoms with van der Waals surface area (Å²) in [6, 6.07) is 5.59. The molecule has 1 amide bonds. The first kappa shape index (κ1) is 21.0. The van der Waals surface area contributed by atoms with Crippen LogP contribution in [0.5, 0.6) is 0 Å². The normalized spacial score (nSPS) is 10.9. The molecule has 2 N–H and O–H groups in total. The third-order valence-corrected chi connectivity index (χ3v) is 3.28. The van der Waals surface area contributed by atoms with Crippen LogP contribution < -0.4 is 15.5 Å². The highest BCUT2D eigenvalue weighted by atomic mass is 19.1. The molecule has 28 heavy (non-hydrogen) atoms. The lowest BCUT2D eigenvalue weighted by Gasteiger charge is -2.20. The Hall–Kier alpha value is -3.30. The summed E-state index contributed by atoms with van der Waals surface area (Å²) in [6.45, 7) is 4.91. The summed E-state index contributed by atoms with van der Waals surface area (Å²) < 4.78 is 18.7. The van der Waals surface area contributed by atoms with Crippen molar-refractivity contribution in [3.8, 4) is 0 Å². The number of anilines is 3. The van der Waals surface area contributed by atoms with Gasteiger partial charge in [0, 0.05) is 14.1 Å². The Morgan fingerprint density at radius 1 is 1.14 bits per heavy atom. The standard InChI is InChI=1S/C18H23FN6O3/c1-18(2,3)28-15(26)10-20-16-11(6-7-12(19)21-16)17(27)22-13-8-9-14(24-23-13)25(4)5/h6-9H,10H2,1-5H3,(H,20,21)(H,22,23,27). The van der Waals surface area contributed by atoms with E-state index in [1.165, 1.54) is 6.07 Å². The first-order valence-corrected chi connectivity index (χ1v) is 8.50. The van der Waals surface area contributed by atoms with Crippen LogP contribution in [-0.4, -0.2) is 53.3 Å². The Morgan fingerprint density at radius 2 is 1.86 bits per heavy atom. The first-order valence-electron chi connectivity index (χ1n) is 8.50. The van der Waals surface area contributed by atoms with E-state index in [0.29, 0.717) is 5.82 Å². The van der Waals surface area contributed by atoms with Crippen LogP contribution in [0.1, 0.15) is 31.1 Å². The number of nitrogens with zero attached hydrogens (tertiary/aromatic N) is 4. The largest absolute Gasteiger partial charge is 0.459 e. The summed E-state index contributed by atoms with van der Waals surface area (Å²) in [5.74, 6) is -1.17. The van der Waals surface area contributed by atoms with E-state index in [0.717, 1.165) is 6.07 Å². The molecule has 0 aliphatic carbocycles. The lowest BCUT2D eigenvalue weighted by Crippen LogP contribution is -2.29. The molecule has 0 aromatic carbocycles. The van der Waals surface area contributed by atoms with Gasteiger partial charge in [-0.25, -0.2) is 4.98 Å². The molecule has 0 saturated heterocycles. The summed E-state index contributed by atoms with van der Waals surface area (Å²) in [5.41, 5.74) is -0.616. The zero-order valence-corrected chi connectivity index (χ0v) is 16.4. The van der Waals surface area contributed by atoms with E-state index < -0.39 is 23.4 Å². The van der Waals surface area contributed by atoms with Crippen molar-refractivity contribution in [2.24, 2.45) is 0 Å². The predicted molar refractivity (Wildman–Crippen MR) is 103 cm³/mol. The smallest absolute Gasteiger partial charge is 0.325 e. The molecule has 0 radical (unpaired) electrons. The predicted octanol–water partition coefficient (Wildman–Crippen LogP) is 2.08. The molecule has 0 aliphatic heterocycles. The topological polar surface area (TPSA) is 109 Å². The molecule has 0 bridgehead atoms. The minimum atomic E-state index is -0.793. The van der Waals surface area contributed by atoms with Crippen molar-refractivity contribution in [2.75, 3.05) is 36.2 Å². The number of aromatic nitrogens is 3. The highest BCUT2D eigenvalue weighted by Gasteiger charge is 2.19. The van der Waals surface area contributed by atoms with E-state index in [9.17, 15) is 14.0 Å². The number of amides is 1. The Bertz CT molecular complexity index is 849. The van der Waals surface area contributed by atoms with Gasteiger partial charge in [-0.2, -0.15) is 4.39 Å². The van der Waals surface area contributed by atoms with Crippen molar-refractivity contribution < 1.29 is 18.7 Å². The van der Waals surface area contributed by atoms with Crippen molar-refractivity contribution in [3.63, 3.8) is 0 Å². The van der Waals surface area contributed by atoms with Gasteiger partial charge < -0.3 is 20.3 Å². The van der Waals surface area contributed by atoms with Crippen molar-refractivity contribution in [1.29, 1.82) is 0 Å². The van der Waals surface area contributed by atoms with Gasteiger partial charge in [0.15, 0.2) is 11.6 Å². The van der Waals surface area contributed by atoms with Crippen LogP contribution in [0, 0.1) is 5.95 Å². The van der Waals surface area contributed by atoms with Crippen LogP contribution >= 0.6 is 0 Å². The molecular formula is C18H23FN6O3. The molecule has 0 saturated carbocycles. The van der Waals surface area contributed by atoms with Crippen LogP contribution in [0.25, 0.3) is 0 Å². The summed E-state index contributed by atoms with van der Waals surface area (Å²) in [5, 5.41) is 13.1. The fraction of sp³-hybridized carbons (Fsp3) is 0.389. The fourth-order valence-corrected chi connectivity index (χ4v) is 2.10. The molecule has 9 nitrogen and oxygen atoms in total. The van der Waals surface area contributed by atoms with E-state index >= 15 is 0 Å². The summed E-state index contributed by atoms with van der Waals surface area (Å²) in [6.07, 6.45) is 0. The van der Waals surface area contributed by atoms with Gasteiger partial charge >= 0.3 is 5.97 Å². The SMILES string of the molecule is CN(C)c1ccc(NC(=O)c2ccc(F)nc2NCC(=O)OC(C)(C)C)nn1. The molecule has 150 valence electrons. The van der Waals surface area contributed by atoms with E-state index in [2.05, 4.69) is 25.8 Å². The van der Waals surface area contributed by atoms with Crippen molar-refractivity contribution in [1.82, 2.24) is 15.2 Å². The molecule has 0 fully saturated rings. The minimum absolute atomic E-state index is 0.0449. The van der Waals surface area contributed by atoms with Gasteiger partial charge in [0.1, 0.15) is 18.0 Å². The van der Waals surface area contributed by atoms with Gasteiger partial charge in [-0.15, -0.1) is 10.2 Å². The highest BCUT2D eigenvalue weighted by molar-refractivity contribution is 6.07. The Balaban J connectivity index is 2.11. The lowest BCUT2D eigenvalue weighted by molar-refractivity contribution is -0.152. The molecule has 10 heteroatoms. The van der Waals surface area contributed by atoms with Gasteiger partial charge in [0.05, 0.1) is 5.56 Å². The van der Waals surface area contributed by atoms with Crippen molar-refractivity contribution >= 4 is 29.3 Å². The van der Waals surface area contributed by atoms with Gasteiger partial charge in [0.2, 0.25) is 5.95 Å². The van der Waals surface area contributed by atoms with E-state index in [1.807, 2.05) is 14.1 Å². The van der Waals surface area contributed by atoms with Gasteiger partial charge in [-0.1, -0.05) is 0 Å². The van der Waals surface area contributed by atoms with Crippen LogP contribution in [0.2, 0.25) is 0 Å². The Kier molecular flexibility index (Phi) is 6.45. The highest BCUT2D eigenvalue weighted by Crippen LogP contribution is 2.16. The number of esters is 1. The number of rotatable bonds is 6. The number of hydrogen-bond acceptors (Lipinski definition) is 8. The molecule has 2 heterocycles. The van der Waals surface area contributed by atoms with Crippen LogP contribution in [0.15, 0.2) is 24.3 Å². The number of ether oxygens (including phenoxy) is 1. The van der Waals surface area contributed by atoms with Gasteiger partial charge in [-0.05, 0) is 45.0 Å². The molecule has 0 spiro atoms. The monoisotopic (exact) mass is 390 g/mol. The first-order chi connectivity index (χ1) is 13.0. The van der Waals surface area contributed by atoms with E-state index in [4.69, 9.17) is 4.74 Å². The maximum absolute atomic E-state index is 13.5. The molecule has 2 rings (SSSR count). The summed E-state index contributed by atoms with van der Waals surface area (Å²) in [4.78, 5) is 29.8. The maximum Gasteiger partial charge on any atom is 0.325 e. The van der Waals surface area contributed by atoms with Crippen molar-refractivity contribution in [3.05, 3.63) is 35.8 Å². The zero-order chi connectivity index (χ0) is 20.9. The Morgan fingerprint density at radius 3 is 2.43 bits per heavy atom. The fourth-order valence-electron chi connectivity index (χ4n) is 2.10. The second-order valence-electron chi connectivity index (χ2n) is 7.10. The number of hydrogen-bond donors (Lipinski definition) is 2. The van der Waals surface area contributed by atoms with Gasteiger partial charge in [-0.3, -0.25) is 9.59 Å². The van der Waals surface area contributed by atoms with Crippen LogP contribution in [0.3, 0.4) is 0 Å². The lowest BCUT2D eigenvalue weighted by atomic mass is 10.2. The second kappa shape index (κ2) is 8.59. The zero-order valence-electron chi connectivity index (χ0n) is 16.4. The van der Waals surface area contributed by atoms with Crippen LogP contribution in [-0.2, 0) is 9.53 Å². The number of pyridine rings is 1. The molecule has 0 unspecified atom stereocenters. The number of carbonyl (C=O) groups is 2. The maximum atomic E-state index is 13.5. The number of carbonyl (C=O) groups excluding carboxylic acids is 2. The summed E-state index contributed by atoms with van der Waals surface area (Å²) in [7, 11) is 3.63. The van der Waals surface area contributed by atoms with E-state index in [-0.39, 0.29) is 23.7 Å². The average Bonchev–Trinajstić information content (AvgIpc) is 2.59. The van der Waals surface area contributed by atoms with Gasteiger partial charge in [0.25, 0.3) is 5.91 Å². The molecule has 2 aromatic rings. The molecule has 2 aromatic heterocycles. The second-order valence-corrected chi connectivity index (χ2v) is 7.10. The van der Waals surface area contributed by atoms with Crippen LogP contribution in [0.4, 0.5) is 21.8 Å². The molecular weight excluding hydrogens is 367 g/mol. The minimum Gasteiger partial charge on any atom is -0.459 e. The molecule has 0 aliphatic rings.